The topological polar surface area (TPSA) is 52.6 Å². The van der Waals surface area contributed by atoms with Crippen molar-refractivity contribution < 1.29 is 23.1 Å². The summed E-state index contributed by atoms with van der Waals surface area (Å²) in [6.07, 6.45) is -6.54. The quantitative estimate of drug-likeness (QED) is 0.565. The molecule has 0 aromatic heterocycles. The largest absolute Gasteiger partial charge is 0.418 e. The summed E-state index contributed by atoms with van der Waals surface area (Å²) in [5, 5.41) is 11.9. The molecule has 1 aromatic carbocycles. The molecular weight excluding hydrogens is 403 g/mol. The third kappa shape index (κ3) is 4.93. The number of nitrogens with zero attached hydrogens (tertiary/aromatic N) is 1. The monoisotopic (exact) mass is 412 g/mol. The number of hydrogen-bond donors (Lipinski definition) is 2. The molecule has 2 amide bonds. The molecule has 130 valence electrons. The molecule has 11 heteroatoms. The highest BCUT2D eigenvalue weighted by molar-refractivity contribution is 6.60. The molecule has 1 rings (SSSR count). The van der Waals surface area contributed by atoms with Crippen molar-refractivity contribution in [2.24, 2.45) is 0 Å². The zero-order valence-corrected chi connectivity index (χ0v) is 14.4. The number of carbonyl (C=O) groups is 1. The summed E-state index contributed by atoms with van der Waals surface area (Å²) in [5.74, 6) is 0. The number of alkyl halides is 7. The Morgan fingerprint density at radius 2 is 1.78 bits per heavy atom. The summed E-state index contributed by atoms with van der Waals surface area (Å²) < 4.78 is 36.4. The predicted molar refractivity (Wildman–Crippen MR) is 84.2 cm³/mol. The van der Waals surface area contributed by atoms with Crippen LogP contribution in [0.1, 0.15) is 5.56 Å². The molecule has 0 aliphatic carbocycles. The zero-order chi connectivity index (χ0) is 18.0. The molecule has 0 fully saturated rings. The minimum atomic E-state index is -4.67. The molecule has 23 heavy (non-hydrogen) atoms. The van der Waals surface area contributed by atoms with Crippen molar-refractivity contribution in [1.82, 2.24) is 4.90 Å². The lowest BCUT2D eigenvalue weighted by Gasteiger charge is -2.33. The van der Waals surface area contributed by atoms with E-state index in [1.807, 2.05) is 5.32 Å². The van der Waals surface area contributed by atoms with Gasteiger partial charge in [0.25, 0.3) is 0 Å². The maximum absolute atomic E-state index is 12.9. The van der Waals surface area contributed by atoms with Crippen LogP contribution in [0.15, 0.2) is 24.3 Å². The fourth-order valence-electron chi connectivity index (χ4n) is 1.52. The van der Waals surface area contributed by atoms with Gasteiger partial charge in [-0.15, -0.1) is 23.2 Å². The molecule has 2 N–H and O–H groups in total. The lowest BCUT2D eigenvalue weighted by Crippen LogP contribution is -2.51. The SMILES string of the molecule is CN(C(=O)Nc1ccccc1C(F)(F)F)C(O)C(Cl)(Cl)C(Cl)Cl. The van der Waals surface area contributed by atoms with Crippen molar-refractivity contribution in [2.45, 2.75) is 21.6 Å². The summed E-state index contributed by atoms with van der Waals surface area (Å²) in [4.78, 5) is 11.1. The van der Waals surface area contributed by atoms with E-state index in [4.69, 9.17) is 46.4 Å². The van der Waals surface area contributed by atoms with Gasteiger partial charge in [0.2, 0.25) is 0 Å². The van der Waals surface area contributed by atoms with E-state index >= 15 is 0 Å². The molecule has 0 aliphatic heterocycles. The highest BCUT2D eigenvalue weighted by atomic mass is 35.5. The first-order valence-electron chi connectivity index (χ1n) is 5.93. The fourth-order valence-corrected chi connectivity index (χ4v) is 2.04. The van der Waals surface area contributed by atoms with Crippen LogP contribution in [0, 0.1) is 0 Å². The Labute approximate surface area is 150 Å². The molecule has 0 radical (unpaired) electrons. The van der Waals surface area contributed by atoms with E-state index in [0.29, 0.717) is 4.90 Å². The highest BCUT2D eigenvalue weighted by Gasteiger charge is 2.44. The molecule has 1 atom stereocenters. The van der Waals surface area contributed by atoms with Crippen molar-refractivity contribution >= 4 is 58.1 Å². The minimum absolute atomic E-state index is 0.493. The van der Waals surface area contributed by atoms with Gasteiger partial charge in [-0.3, -0.25) is 4.90 Å². The summed E-state index contributed by atoms with van der Waals surface area (Å²) in [7, 11) is 1.06. The molecule has 0 saturated heterocycles. The number of rotatable bonds is 4. The second-order valence-electron chi connectivity index (χ2n) is 4.43. The molecule has 0 saturated carbocycles. The number of urea groups is 1. The Morgan fingerprint density at radius 1 is 1.26 bits per heavy atom. The van der Waals surface area contributed by atoms with Gasteiger partial charge in [0.05, 0.1) is 11.3 Å². The van der Waals surface area contributed by atoms with Crippen LogP contribution < -0.4 is 5.32 Å². The number of para-hydroxylation sites is 1. The summed E-state index contributed by atoms with van der Waals surface area (Å²) >= 11 is 22.4. The van der Waals surface area contributed by atoms with Crippen LogP contribution in [0.3, 0.4) is 0 Å². The Kier molecular flexibility index (Phi) is 6.69. The molecule has 0 aliphatic rings. The standard InChI is InChI=1S/C12H11Cl4F3N2O2/c1-21(9(22)11(15,16)8(13)14)10(23)20-7-5-3-2-4-6(7)12(17,18)19/h2-5,8-9,22H,1H3,(H,20,23). The number of benzene rings is 1. The minimum Gasteiger partial charge on any atom is -0.370 e. The number of aliphatic hydroxyl groups excluding tert-OH is 1. The van der Waals surface area contributed by atoms with Crippen LogP contribution in [0.2, 0.25) is 0 Å². The molecule has 4 nitrogen and oxygen atoms in total. The van der Waals surface area contributed by atoms with Crippen LogP contribution in [-0.2, 0) is 6.18 Å². The third-order valence-corrected chi connectivity index (χ3v) is 4.76. The van der Waals surface area contributed by atoms with Gasteiger partial charge in [0.15, 0.2) is 10.6 Å². The van der Waals surface area contributed by atoms with Crippen LogP contribution in [0.4, 0.5) is 23.7 Å². The van der Waals surface area contributed by atoms with E-state index in [1.165, 1.54) is 12.1 Å². The first-order valence-corrected chi connectivity index (χ1v) is 7.56. The maximum Gasteiger partial charge on any atom is 0.418 e. The predicted octanol–water partition coefficient (Wildman–Crippen LogP) is 4.47. The van der Waals surface area contributed by atoms with Crippen molar-refractivity contribution in [1.29, 1.82) is 0 Å². The molecule has 0 bridgehead atoms. The molecular formula is C12H11Cl4F3N2O2. The Hall–Kier alpha value is -0.600. The lowest BCUT2D eigenvalue weighted by molar-refractivity contribution is -0.136. The van der Waals surface area contributed by atoms with Gasteiger partial charge < -0.3 is 10.4 Å². The average molecular weight is 414 g/mol. The molecule has 1 unspecified atom stereocenters. The normalized spacial score (nSPS) is 13.8. The Bertz CT molecular complexity index is 569. The van der Waals surface area contributed by atoms with E-state index in [1.54, 1.807) is 0 Å². The second kappa shape index (κ2) is 7.53. The van der Waals surface area contributed by atoms with Crippen molar-refractivity contribution in [3.63, 3.8) is 0 Å². The van der Waals surface area contributed by atoms with Gasteiger partial charge >= 0.3 is 12.2 Å². The highest BCUT2D eigenvalue weighted by Crippen LogP contribution is 2.37. The number of anilines is 1. The first kappa shape index (κ1) is 20.4. The Balaban J connectivity index is 2.97. The number of aliphatic hydroxyl groups is 1. The van der Waals surface area contributed by atoms with Gasteiger partial charge in [-0.25, -0.2) is 4.79 Å². The van der Waals surface area contributed by atoms with Gasteiger partial charge in [-0.2, -0.15) is 13.2 Å². The maximum atomic E-state index is 12.9. The Morgan fingerprint density at radius 3 is 2.26 bits per heavy atom. The van der Waals surface area contributed by atoms with Crippen molar-refractivity contribution in [3.8, 4) is 0 Å². The van der Waals surface area contributed by atoms with E-state index in [-0.39, 0.29) is 0 Å². The number of nitrogens with one attached hydrogen (secondary N) is 1. The first-order chi connectivity index (χ1) is 10.4. The van der Waals surface area contributed by atoms with Gasteiger partial charge in [0.1, 0.15) is 4.84 Å². The van der Waals surface area contributed by atoms with Crippen molar-refractivity contribution in [3.05, 3.63) is 29.8 Å². The number of halogens is 7. The smallest absolute Gasteiger partial charge is 0.370 e. The fraction of sp³-hybridized carbons (Fsp3) is 0.417. The third-order valence-electron chi connectivity index (χ3n) is 2.80. The van der Waals surface area contributed by atoms with E-state index in [9.17, 15) is 23.1 Å². The molecule has 1 aromatic rings. The van der Waals surface area contributed by atoms with Crippen LogP contribution in [0.25, 0.3) is 0 Å². The molecule has 0 heterocycles. The number of carbonyl (C=O) groups excluding carboxylic acids is 1. The van der Waals surface area contributed by atoms with Crippen LogP contribution in [-0.4, -0.2) is 38.5 Å². The number of amides is 2. The van der Waals surface area contributed by atoms with Crippen molar-refractivity contribution in [2.75, 3.05) is 12.4 Å². The van der Waals surface area contributed by atoms with E-state index < -0.39 is 38.9 Å². The average Bonchev–Trinajstić information content (AvgIpc) is 2.44. The number of hydrogen-bond acceptors (Lipinski definition) is 2. The lowest BCUT2D eigenvalue weighted by atomic mass is 10.1. The van der Waals surface area contributed by atoms with Crippen LogP contribution in [0.5, 0.6) is 0 Å². The summed E-state index contributed by atoms with van der Waals surface area (Å²) in [6, 6.07) is 3.25. The van der Waals surface area contributed by atoms with Gasteiger partial charge in [-0.05, 0) is 12.1 Å². The van der Waals surface area contributed by atoms with E-state index in [2.05, 4.69) is 0 Å². The van der Waals surface area contributed by atoms with E-state index in [0.717, 1.165) is 19.2 Å². The van der Waals surface area contributed by atoms with Crippen LogP contribution >= 0.6 is 46.4 Å². The zero-order valence-electron chi connectivity index (χ0n) is 11.4. The summed E-state index contributed by atoms with van der Waals surface area (Å²) in [6.45, 7) is 0. The van der Waals surface area contributed by atoms with Gasteiger partial charge in [0, 0.05) is 7.05 Å². The van der Waals surface area contributed by atoms with Gasteiger partial charge in [-0.1, -0.05) is 35.3 Å². The second-order valence-corrected chi connectivity index (χ2v) is 6.97. The molecule has 0 spiro atoms. The summed E-state index contributed by atoms with van der Waals surface area (Å²) in [5.41, 5.74) is -1.54.